The van der Waals surface area contributed by atoms with Gasteiger partial charge in [0.1, 0.15) is 0 Å². The van der Waals surface area contributed by atoms with Crippen molar-refractivity contribution in [3.8, 4) is 0 Å². The Kier molecular flexibility index (Phi) is 5.32. The van der Waals surface area contributed by atoms with E-state index in [0.717, 1.165) is 0 Å². The molecule has 120 valence electrons. The van der Waals surface area contributed by atoms with Crippen LogP contribution in [-0.2, 0) is 9.59 Å². The number of hydrogen-bond acceptors (Lipinski definition) is 3. The summed E-state index contributed by atoms with van der Waals surface area (Å²) in [6.45, 7) is 4.61. The zero-order chi connectivity index (χ0) is 16.4. The van der Waals surface area contributed by atoms with Crippen molar-refractivity contribution < 1.29 is 14.7 Å². The summed E-state index contributed by atoms with van der Waals surface area (Å²) in [6, 6.07) is 4.41. The van der Waals surface area contributed by atoms with Gasteiger partial charge in [0.2, 0.25) is 5.91 Å². The molecule has 0 radical (unpaired) electrons. The Hall–Kier alpha value is -1.30. The Morgan fingerprint density at radius 2 is 2.05 bits per heavy atom. The van der Waals surface area contributed by atoms with E-state index >= 15 is 0 Å². The molecule has 1 fully saturated rings. The zero-order valence-corrected chi connectivity index (χ0v) is 13.9. The molecule has 5 nitrogen and oxygen atoms in total. The van der Waals surface area contributed by atoms with Gasteiger partial charge < -0.3 is 10.4 Å². The molecule has 1 aromatic carbocycles. The maximum absolute atomic E-state index is 12.3. The van der Waals surface area contributed by atoms with Crippen molar-refractivity contribution in [1.82, 2.24) is 4.90 Å². The molecule has 1 heterocycles. The third-order valence-corrected chi connectivity index (χ3v) is 4.62. The highest BCUT2D eigenvalue weighted by Gasteiger charge is 2.38. The molecule has 1 aliphatic heterocycles. The van der Waals surface area contributed by atoms with Gasteiger partial charge in [0.05, 0.1) is 22.7 Å². The van der Waals surface area contributed by atoms with Crippen molar-refractivity contribution in [2.45, 2.75) is 19.9 Å². The molecular formula is C15H18Cl2N2O3. The van der Waals surface area contributed by atoms with E-state index < -0.39 is 17.9 Å². The number of carbonyl (C=O) groups is 2. The minimum Gasteiger partial charge on any atom is -0.481 e. The smallest absolute Gasteiger partial charge is 0.308 e. The molecule has 0 saturated carbocycles. The van der Waals surface area contributed by atoms with Crippen LogP contribution in [0.5, 0.6) is 0 Å². The minimum absolute atomic E-state index is 0.0202. The second-order valence-corrected chi connectivity index (χ2v) is 6.51. The van der Waals surface area contributed by atoms with Crippen LogP contribution in [0.2, 0.25) is 10.0 Å². The molecule has 22 heavy (non-hydrogen) atoms. The number of hydrogen-bond donors (Lipinski definition) is 2. The van der Waals surface area contributed by atoms with E-state index in [-0.39, 0.29) is 11.8 Å². The van der Waals surface area contributed by atoms with Crippen LogP contribution in [0.15, 0.2) is 18.2 Å². The predicted molar refractivity (Wildman–Crippen MR) is 86.4 cm³/mol. The van der Waals surface area contributed by atoms with E-state index in [1.807, 2.05) is 11.8 Å². The normalized spacial score (nSPS) is 23.3. The SMILES string of the molecule is CC(C(=O)Nc1ccc(Cl)cc1Cl)N1C[C@@H](C)[C@H](C(=O)O)C1. The highest BCUT2D eigenvalue weighted by Crippen LogP contribution is 2.27. The number of nitrogens with one attached hydrogen (secondary N) is 1. The van der Waals surface area contributed by atoms with Crippen molar-refractivity contribution >= 4 is 40.8 Å². The van der Waals surface area contributed by atoms with Gasteiger partial charge in [-0.25, -0.2) is 0 Å². The monoisotopic (exact) mass is 344 g/mol. The van der Waals surface area contributed by atoms with E-state index in [1.165, 1.54) is 0 Å². The molecular weight excluding hydrogens is 327 g/mol. The molecule has 1 aromatic rings. The van der Waals surface area contributed by atoms with Crippen LogP contribution in [0.3, 0.4) is 0 Å². The first-order valence-corrected chi connectivity index (χ1v) is 7.78. The molecule has 1 saturated heterocycles. The van der Waals surface area contributed by atoms with Gasteiger partial charge in [0, 0.05) is 18.1 Å². The molecule has 1 unspecified atom stereocenters. The number of aliphatic carboxylic acids is 1. The van der Waals surface area contributed by atoms with Gasteiger partial charge in [0.25, 0.3) is 0 Å². The molecule has 0 spiro atoms. The molecule has 0 bridgehead atoms. The van der Waals surface area contributed by atoms with E-state index in [9.17, 15) is 9.59 Å². The number of benzene rings is 1. The second kappa shape index (κ2) is 6.86. The topological polar surface area (TPSA) is 69.6 Å². The van der Waals surface area contributed by atoms with Gasteiger partial charge in [-0.15, -0.1) is 0 Å². The van der Waals surface area contributed by atoms with Crippen molar-refractivity contribution in [3.63, 3.8) is 0 Å². The average molecular weight is 345 g/mol. The van der Waals surface area contributed by atoms with E-state index in [1.54, 1.807) is 25.1 Å². The number of amides is 1. The van der Waals surface area contributed by atoms with Gasteiger partial charge in [-0.1, -0.05) is 30.1 Å². The van der Waals surface area contributed by atoms with Crippen LogP contribution >= 0.6 is 23.2 Å². The number of halogens is 2. The van der Waals surface area contributed by atoms with Gasteiger partial charge in [-0.05, 0) is 31.0 Å². The number of carbonyl (C=O) groups excluding carboxylic acids is 1. The van der Waals surface area contributed by atoms with Gasteiger partial charge in [0.15, 0.2) is 0 Å². The first-order valence-electron chi connectivity index (χ1n) is 7.02. The molecule has 1 aliphatic rings. The number of rotatable bonds is 4. The Morgan fingerprint density at radius 1 is 1.36 bits per heavy atom. The first kappa shape index (κ1) is 17.1. The highest BCUT2D eigenvalue weighted by atomic mass is 35.5. The maximum atomic E-state index is 12.3. The second-order valence-electron chi connectivity index (χ2n) is 5.67. The number of carboxylic acid groups (broad SMARTS) is 1. The molecule has 0 aromatic heterocycles. The largest absolute Gasteiger partial charge is 0.481 e. The lowest BCUT2D eigenvalue weighted by molar-refractivity contribution is -0.142. The predicted octanol–water partition coefficient (Wildman–Crippen LogP) is 2.97. The molecule has 3 atom stereocenters. The fourth-order valence-corrected chi connectivity index (χ4v) is 3.09. The summed E-state index contributed by atoms with van der Waals surface area (Å²) in [7, 11) is 0. The van der Waals surface area contributed by atoms with E-state index in [2.05, 4.69) is 5.32 Å². The standard InChI is InChI=1S/C15H18Cl2N2O3/c1-8-6-19(7-11(8)15(21)22)9(2)14(20)18-13-4-3-10(16)5-12(13)17/h3-5,8-9,11H,6-7H2,1-2H3,(H,18,20)(H,21,22)/t8-,9?,11-/m1/s1. The molecule has 7 heteroatoms. The van der Waals surface area contributed by atoms with Crippen molar-refractivity contribution in [2.75, 3.05) is 18.4 Å². The van der Waals surface area contributed by atoms with Crippen LogP contribution in [0.1, 0.15) is 13.8 Å². The van der Waals surface area contributed by atoms with Crippen LogP contribution in [-0.4, -0.2) is 41.0 Å². The quantitative estimate of drug-likeness (QED) is 0.880. The molecule has 1 amide bonds. The molecule has 2 N–H and O–H groups in total. The number of likely N-dealkylation sites (tertiary alicyclic amines) is 1. The summed E-state index contributed by atoms with van der Waals surface area (Å²) in [5, 5.41) is 12.8. The summed E-state index contributed by atoms with van der Waals surface area (Å²) in [5.74, 6) is -1.45. The van der Waals surface area contributed by atoms with Crippen LogP contribution in [0.4, 0.5) is 5.69 Å². The summed E-state index contributed by atoms with van der Waals surface area (Å²) in [4.78, 5) is 25.4. The highest BCUT2D eigenvalue weighted by molar-refractivity contribution is 6.36. The van der Waals surface area contributed by atoms with Gasteiger partial charge >= 0.3 is 5.97 Å². The molecule has 2 rings (SSSR count). The fourth-order valence-electron chi connectivity index (χ4n) is 2.64. The van der Waals surface area contributed by atoms with Gasteiger partial charge in [-0.2, -0.15) is 0 Å². The third kappa shape index (κ3) is 3.72. The molecule has 0 aliphatic carbocycles. The Balaban J connectivity index is 2.02. The number of nitrogens with zero attached hydrogens (tertiary/aromatic N) is 1. The summed E-state index contributed by atoms with van der Waals surface area (Å²) in [5.41, 5.74) is 0.491. The van der Waals surface area contributed by atoms with E-state index in [0.29, 0.717) is 28.8 Å². The van der Waals surface area contributed by atoms with Crippen molar-refractivity contribution in [1.29, 1.82) is 0 Å². The van der Waals surface area contributed by atoms with Crippen LogP contribution in [0.25, 0.3) is 0 Å². The lowest BCUT2D eigenvalue weighted by Gasteiger charge is -2.23. The Bertz CT molecular complexity index is 594. The first-order chi connectivity index (χ1) is 10.3. The minimum atomic E-state index is -0.816. The maximum Gasteiger partial charge on any atom is 0.308 e. The average Bonchev–Trinajstić information content (AvgIpc) is 2.83. The van der Waals surface area contributed by atoms with Crippen LogP contribution in [0, 0.1) is 11.8 Å². The van der Waals surface area contributed by atoms with Crippen molar-refractivity contribution in [3.05, 3.63) is 28.2 Å². The summed E-state index contributed by atoms with van der Waals surface area (Å²) in [6.07, 6.45) is 0. The van der Waals surface area contributed by atoms with Crippen LogP contribution < -0.4 is 5.32 Å². The Labute approximate surface area is 139 Å². The lowest BCUT2D eigenvalue weighted by atomic mass is 9.99. The van der Waals surface area contributed by atoms with E-state index in [4.69, 9.17) is 28.3 Å². The Morgan fingerprint density at radius 3 is 2.59 bits per heavy atom. The zero-order valence-electron chi connectivity index (χ0n) is 12.3. The number of anilines is 1. The summed E-state index contributed by atoms with van der Waals surface area (Å²) >= 11 is 11.9. The fraction of sp³-hybridized carbons (Fsp3) is 0.467. The van der Waals surface area contributed by atoms with Crippen molar-refractivity contribution in [2.24, 2.45) is 11.8 Å². The third-order valence-electron chi connectivity index (χ3n) is 4.07. The van der Waals surface area contributed by atoms with Gasteiger partial charge in [-0.3, -0.25) is 14.5 Å². The lowest BCUT2D eigenvalue weighted by Crippen LogP contribution is -2.41. The summed E-state index contributed by atoms with van der Waals surface area (Å²) < 4.78 is 0. The number of carboxylic acids is 1.